The van der Waals surface area contributed by atoms with Gasteiger partial charge in [0.2, 0.25) is 0 Å². The van der Waals surface area contributed by atoms with E-state index in [2.05, 4.69) is 10.6 Å². The number of urea groups is 1. The molecule has 4 nitrogen and oxygen atoms in total. The molecule has 0 saturated heterocycles. The Balaban J connectivity index is 1.99. The number of hydrogen-bond acceptors (Lipinski definition) is 2. The summed E-state index contributed by atoms with van der Waals surface area (Å²) in [6.45, 7) is 4.21. The van der Waals surface area contributed by atoms with Crippen LogP contribution in [-0.2, 0) is 0 Å². The molecular formula is C17H23ClN2O2. The van der Waals surface area contributed by atoms with E-state index in [1.165, 1.54) is 0 Å². The Hall–Kier alpha value is -1.52. The molecular weight excluding hydrogens is 300 g/mol. The van der Waals surface area contributed by atoms with Gasteiger partial charge in [-0.05, 0) is 24.0 Å². The van der Waals surface area contributed by atoms with Gasteiger partial charge in [0.15, 0.2) is 0 Å². The first-order valence-corrected chi connectivity index (χ1v) is 7.99. The van der Waals surface area contributed by atoms with Crippen LogP contribution in [0.25, 0.3) is 0 Å². The number of hydrogen-bond donors (Lipinski definition) is 3. The SMILES string of the molecule is CC(C)[C@H](NC(=O)N[C@@H]1C=C[C@H](CO)C1)c1ccccc1Cl. The first kappa shape index (κ1) is 16.8. The molecule has 5 heteroatoms. The van der Waals surface area contributed by atoms with Gasteiger partial charge in [-0.15, -0.1) is 0 Å². The number of benzene rings is 1. The van der Waals surface area contributed by atoms with Gasteiger partial charge < -0.3 is 15.7 Å². The number of halogens is 1. The Bertz CT molecular complexity index is 545. The monoisotopic (exact) mass is 322 g/mol. The lowest BCUT2D eigenvalue weighted by molar-refractivity contribution is 0.225. The van der Waals surface area contributed by atoms with E-state index >= 15 is 0 Å². The molecule has 3 atom stereocenters. The van der Waals surface area contributed by atoms with Crippen molar-refractivity contribution in [2.24, 2.45) is 11.8 Å². The van der Waals surface area contributed by atoms with Gasteiger partial charge in [0, 0.05) is 23.6 Å². The number of carbonyl (C=O) groups excluding carboxylic acids is 1. The molecule has 2 amide bonds. The molecule has 0 heterocycles. The number of aliphatic hydroxyl groups is 1. The third-order valence-corrected chi connectivity index (χ3v) is 4.26. The average Bonchev–Trinajstić information content (AvgIpc) is 2.93. The second-order valence-electron chi connectivity index (χ2n) is 6.03. The van der Waals surface area contributed by atoms with E-state index in [1.54, 1.807) is 0 Å². The molecule has 1 aromatic carbocycles. The van der Waals surface area contributed by atoms with Crippen molar-refractivity contribution in [2.45, 2.75) is 32.4 Å². The normalized spacial score (nSPS) is 21.9. The fourth-order valence-corrected chi connectivity index (χ4v) is 2.95. The van der Waals surface area contributed by atoms with Gasteiger partial charge in [0.05, 0.1) is 6.04 Å². The largest absolute Gasteiger partial charge is 0.396 e. The molecule has 1 aliphatic rings. The highest BCUT2D eigenvalue weighted by Gasteiger charge is 2.23. The van der Waals surface area contributed by atoms with Crippen molar-refractivity contribution in [3.05, 3.63) is 47.0 Å². The van der Waals surface area contributed by atoms with Crippen molar-refractivity contribution in [2.75, 3.05) is 6.61 Å². The van der Waals surface area contributed by atoms with Crippen molar-refractivity contribution >= 4 is 17.6 Å². The molecule has 22 heavy (non-hydrogen) atoms. The quantitative estimate of drug-likeness (QED) is 0.729. The van der Waals surface area contributed by atoms with Crippen LogP contribution >= 0.6 is 11.6 Å². The third kappa shape index (κ3) is 4.24. The molecule has 0 aliphatic heterocycles. The third-order valence-electron chi connectivity index (χ3n) is 3.92. The predicted octanol–water partition coefficient (Wildman–Crippen LogP) is 3.27. The van der Waals surface area contributed by atoms with Gasteiger partial charge in [0.25, 0.3) is 0 Å². The highest BCUT2D eigenvalue weighted by Crippen LogP contribution is 2.28. The molecule has 1 aromatic rings. The Morgan fingerprint density at radius 3 is 2.68 bits per heavy atom. The highest BCUT2D eigenvalue weighted by atomic mass is 35.5. The maximum absolute atomic E-state index is 12.2. The van der Waals surface area contributed by atoms with Crippen LogP contribution in [0.3, 0.4) is 0 Å². The number of amides is 2. The fraction of sp³-hybridized carbons (Fsp3) is 0.471. The molecule has 0 fully saturated rings. The second-order valence-corrected chi connectivity index (χ2v) is 6.44. The van der Waals surface area contributed by atoms with E-state index < -0.39 is 0 Å². The number of rotatable bonds is 5. The van der Waals surface area contributed by atoms with Crippen LogP contribution < -0.4 is 10.6 Å². The lowest BCUT2D eigenvalue weighted by atomic mass is 9.96. The Labute approximate surface area is 136 Å². The van der Waals surface area contributed by atoms with Gasteiger partial charge in [-0.2, -0.15) is 0 Å². The van der Waals surface area contributed by atoms with Gasteiger partial charge in [-0.1, -0.05) is 55.8 Å². The Morgan fingerprint density at radius 1 is 1.36 bits per heavy atom. The van der Waals surface area contributed by atoms with Crippen LogP contribution in [-0.4, -0.2) is 23.8 Å². The van der Waals surface area contributed by atoms with Gasteiger partial charge in [-0.25, -0.2) is 4.79 Å². The van der Waals surface area contributed by atoms with Crippen molar-refractivity contribution in [3.63, 3.8) is 0 Å². The number of aliphatic hydroxyl groups excluding tert-OH is 1. The summed E-state index contributed by atoms with van der Waals surface area (Å²) in [5.74, 6) is 0.352. The number of carbonyl (C=O) groups is 1. The summed E-state index contributed by atoms with van der Waals surface area (Å²) < 4.78 is 0. The van der Waals surface area contributed by atoms with Crippen LogP contribution in [0.15, 0.2) is 36.4 Å². The molecule has 0 radical (unpaired) electrons. The van der Waals surface area contributed by atoms with E-state index in [-0.39, 0.29) is 36.6 Å². The average molecular weight is 323 g/mol. The predicted molar refractivity (Wildman–Crippen MR) is 88.8 cm³/mol. The molecule has 3 N–H and O–H groups in total. The van der Waals surface area contributed by atoms with Gasteiger partial charge >= 0.3 is 6.03 Å². The smallest absolute Gasteiger partial charge is 0.315 e. The fourth-order valence-electron chi connectivity index (χ4n) is 2.70. The lowest BCUT2D eigenvalue weighted by Gasteiger charge is -2.25. The van der Waals surface area contributed by atoms with Crippen molar-refractivity contribution in [1.82, 2.24) is 10.6 Å². The zero-order valence-corrected chi connectivity index (χ0v) is 13.7. The highest BCUT2D eigenvalue weighted by molar-refractivity contribution is 6.31. The second kappa shape index (κ2) is 7.65. The summed E-state index contributed by atoms with van der Waals surface area (Å²) in [5, 5.41) is 15.7. The Morgan fingerprint density at radius 2 is 2.09 bits per heavy atom. The molecule has 120 valence electrons. The molecule has 0 bridgehead atoms. The molecule has 2 rings (SSSR count). The van der Waals surface area contributed by atoms with Crippen LogP contribution in [0, 0.1) is 11.8 Å². The maximum atomic E-state index is 12.2. The number of nitrogens with one attached hydrogen (secondary N) is 2. The molecule has 0 saturated carbocycles. The van der Waals surface area contributed by atoms with Crippen LogP contribution in [0.5, 0.6) is 0 Å². The summed E-state index contributed by atoms with van der Waals surface area (Å²) >= 11 is 6.24. The molecule has 0 aromatic heterocycles. The standard InChI is InChI=1S/C17H23ClN2O2/c1-11(2)16(14-5-3-4-6-15(14)18)20-17(22)19-13-8-7-12(9-13)10-21/h3-8,11-13,16,21H,9-10H2,1-2H3,(H2,19,20,22)/t12-,13+,16-/m0/s1. The van der Waals surface area contributed by atoms with Crippen molar-refractivity contribution < 1.29 is 9.90 Å². The summed E-state index contributed by atoms with van der Waals surface area (Å²) in [6.07, 6.45) is 4.61. The lowest BCUT2D eigenvalue weighted by Crippen LogP contribution is -2.43. The summed E-state index contributed by atoms with van der Waals surface area (Å²) in [6, 6.07) is 7.17. The van der Waals surface area contributed by atoms with E-state index in [0.29, 0.717) is 5.02 Å². The summed E-state index contributed by atoms with van der Waals surface area (Å²) in [4.78, 5) is 12.2. The van der Waals surface area contributed by atoms with Crippen LogP contribution in [0.4, 0.5) is 4.79 Å². The molecule has 1 aliphatic carbocycles. The maximum Gasteiger partial charge on any atom is 0.315 e. The zero-order chi connectivity index (χ0) is 16.1. The van der Waals surface area contributed by atoms with Crippen molar-refractivity contribution in [3.8, 4) is 0 Å². The minimum Gasteiger partial charge on any atom is -0.396 e. The summed E-state index contributed by atoms with van der Waals surface area (Å²) in [5.41, 5.74) is 0.921. The van der Waals surface area contributed by atoms with Crippen LogP contribution in [0.1, 0.15) is 31.9 Å². The first-order valence-electron chi connectivity index (χ1n) is 7.62. The zero-order valence-electron chi connectivity index (χ0n) is 12.9. The van der Waals surface area contributed by atoms with E-state index in [1.807, 2.05) is 50.3 Å². The molecule has 0 unspecified atom stereocenters. The van der Waals surface area contributed by atoms with E-state index in [9.17, 15) is 4.79 Å². The van der Waals surface area contributed by atoms with Gasteiger partial charge in [-0.3, -0.25) is 0 Å². The first-order chi connectivity index (χ1) is 10.5. The minimum absolute atomic E-state index is 0.0313. The van der Waals surface area contributed by atoms with Crippen LogP contribution in [0.2, 0.25) is 5.02 Å². The Kier molecular flexibility index (Phi) is 5.86. The molecule has 0 spiro atoms. The minimum atomic E-state index is -0.216. The van der Waals surface area contributed by atoms with Crippen molar-refractivity contribution in [1.29, 1.82) is 0 Å². The van der Waals surface area contributed by atoms with Gasteiger partial charge in [0.1, 0.15) is 0 Å². The summed E-state index contributed by atoms with van der Waals surface area (Å²) in [7, 11) is 0. The van der Waals surface area contributed by atoms with E-state index in [0.717, 1.165) is 12.0 Å². The van der Waals surface area contributed by atoms with E-state index in [4.69, 9.17) is 16.7 Å². The topological polar surface area (TPSA) is 61.4 Å².